The Labute approximate surface area is 310 Å². The monoisotopic (exact) mass is 739 g/mol. The summed E-state index contributed by atoms with van der Waals surface area (Å²) in [5.41, 5.74) is 2.60. The summed E-state index contributed by atoms with van der Waals surface area (Å²) in [6.07, 6.45) is 2.42. The number of methoxy groups -OCH3 is 2. The molecule has 0 aliphatic carbocycles. The van der Waals surface area contributed by atoms with Gasteiger partial charge in [0.1, 0.15) is 5.75 Å². The number of aliphatic hydroxyl groups excluding tert-OH is 2. The predicted molar refractivity (Wildman–Crippen MR) is 215 cm³/mol. The van der Waals surface area contributed by atoms with Crippen molar-refractivity contribution in [1.29, 1.82) is 0 Å². The van der Waals surface area contributed by atoms with Crippen molar-refractivity contribution in [2.45, 2.75) is 162 Å². The lowest BCUT2D eigenvalue weighted by atomic mass is 9.83. The second-order valence-electron chi connectivity index (χ2n) is 15.9. The predicted octanol–water partition coefficient (Wildman–Crippen LogP) is 10.0. The van der Waals surface area contributed by atoms with Crippen molar-refractivity contribution in [3.63, 3.8) is 0 Å². The minimum atomic E-state index is -2.03. The van der Waals surface area contributed by atoms with E-state index in [9.17, 15) is 10.2 Å². The van der Waals surface area contributed by atoms with Crippen LogP contribution in [0.2, 0.25) is 34.8 Å². The molecule has 1 rings (SSSR count). The van der Waals surface area contributed by atoms with E-state index in [1.165, 1.54) is 0 Å². The van der Waals surface area contributed by atoms with Gasteiger partial charge in [-0.25, -0.2) is 0 Å². The number of rotatable bonds is 26. The van der Waals surface area contributed by atoms with Crippen molar-refractivity contribution in [2.24, 2.45) is 23.7 Å². The number of benzene rings is 1. The lowest BCUT2D eigenvalue weighted by Crippen LogP contribution is -2.50. The van der Waals surface area contributed by atoms with Gasteiger partial charge in [-0.2, -0.15) is 0 Å². The van der Waals surface area contributed by atoms with E-state index in [0.717, 1.165) is 29.4 Å². The van der Waals surface area contributed by atoms with Crippen molar-refractivity contribution < 1.29 is 33.3 Å². The van der Waals surface area contributed by atoms with Crippen LogP contribution in [0.5, 0.6) is 5.75 Å². The first-order valence-electron chi connectivity index (χ1n) is 19.6. The average Bonchev–Trinajstić information content (AvgIpc) is 3.08. The van der Waals surface area contributed by atoms with Gasteiger partial charge in [-0.1, -0.05) is 114 Å². The van der Waals surface area contributed by atoms with E-state index in [0.29, 0.717) is 36.4 Å². The Morgan fingerprint density at radius 1 is 0.680 bits per heavy atom. The van der Waals surface area contributed by atoms with Crippen molar-refractivity contribution in [2.75, 3.05) is 27.4 Å². The number of aliphatic hydroxyl groups is 2. The van der Waals surface area contributed by atoms with Crippen LogP contribution < -0.4 is 4.74 Å². The molecule has 50 heavy (non-hydrogen) atoms. The minimum Gasteiger partial charge on any atom is -0.497 e. The third kappa shape index (κ3) is 13.4. The Balaban J connectivity index is 3.16. The molecular weight excluding hydrogens is 661 g/mol. The first kappa shape index (κ1) is 47.0. The number of ether oxygens (including phenoxy) is 3. The Kier molecular flexibility index (Phi) is 21.5. The molecule has 0 spiro atoms. The maximum Gasteiger partial charge on any atom is 0.200 e. The zero-order chi connectivity index (χ0) is 38.2. The van der Waals surface area contributed by atoms with Gasteiger partial charge in [-0.3, -0.25) is 0 Å². The molecule has 0 heterocycles. The molecule has 0 radical (unpaired) electrons. The molecule has 1 aromatic rings. The lowest BCUT2D eigenvalue weighted by Gasteiger charge is -2.44. The first-order valence-corrected chi connectivity index (χ1v) is 24.2. The fourth-order valence-corrected chi connectivity index (χ4v) is 16.4. The van der Waals surface area contributed by atoms with Crippen LogP contribution in [0.3, 0.4) is 0 Å². The van der Waals surface area contributed by atoms with E-state index in [4.69, 9.17) is 23.1 Å². The lowest BCUT2D eigenvalue weighted by molar-refractivity contribution is -0.0871. The summed E-state index contributed by atoms with van der Waals surface area (Å²) >= 11 is 0. The van der Waals surface area contributed by atoms with E-state index < -0.39 is 28.8 Å². The van der Waals surface area contributed by atoms with Gasteiger partial charge < -0.3 is 33.3 Å². The van der Waals surface area contributed by atoms with Crippen molar-refractivity contribution in [1.82, 2.24) is 0 Å². The Morgan fingerprint density at radius 2 is 1.20 bits per heavy atom. The quantitative estimate of drug-likeness (QED) is 0.0723. The van der Waals surface area contributed by atoms with E-state index >= 15 is 0 Å². The topological polar surface area (TPSA) is 86.6 Å². The Hall–Kier alpha value is -1.05. The van der Waals surface area contributed by atoms with Gasteiger partial charge in [0, 0.05) is 50.4 Å². The van der Waals surface area contributed by atoms with Crippen LogP contribution in [0.1, 0.15) is 102 Å². The molecule has 1 aromatic carbocycles. The molecule has 0 aromatic heterocycles. The fourth-order valence-electron chi connectivity index (χ4n) is 8.17. The summed E-state index contributed by atoms with van der Waals surface area (Å²) in [4.78, 5) is 0. The van der Waals surface area contributed by atoms with Crippen LogP contribution in [0, 0.1) is 23.7 Å². The molecular formula is C41H78O7Si2. The number of hydrogen-bond acceptors (Lipinski definition) is 7. The molecule has 0 amide bonds. The van der Waals surface area contributed by atoms with Gasteiger partial charge in [0.25, 0.3) is 0 Å². The highest BCUT2D eigenvalue weighted by molar-refractivity contribution is 6.77. The zero-order valence-electron chi connectivity index (χ0n) is 34.7. The maximum absolute atomic E-state index is 11.0. The molecule has 292 valence electrons. The van der Waals surface area contributed by atoms with Gasteiger partial charge in [0.05, 0.1) is 38.1 Å². The van der Waals surface area contributed by atoms with Crippen LogP contribution >= 0.6 is 0 Å². The van der Waals surface area contributed by atoms with Crippen molar-refractivity contribution in [3.05, 3.63) is 42.0 Å². The summed E-state index contributed by atoms with van der Waals surface area (Å²) in [6.45, 7) is 30.8. The van der Waals surface area contributed by atoms with Crippen LogP contribution in [0.25, 0.3) is 0 Å². The highest BCUT2D eigenvalue weighted by Gasteiger charge is 2.46. The van der Waals surface area contributed by atoms with Gasteiger partial charge in [0.15, 0.2) is 16.6 Å². The van der Waals surface area contributed by atoms with E-state index in [-0.39, 0.29) is 42.3 Å². The third-order valence-corrected chi connectivity index (χ3v) is 22.4. The normalized spacial score (nSPS) is 18.0. The summed E-state index contributed by atoms with van der Waals surface area (Å²) in [6, 6.07) is 11.2. The first-order chi connectivity index (χ1) is 23.5. The fraction of sp³-hybridized carbons (Fsp3) is 0.805. The molecule has 0 unspecified atom stereocenters. The van der Waals surface area contributed by atoms with Gasteiger partial charge >= 0.3 is 0 Å². The summed E-state index contributed by atoms with van der Waals surface area (Å²) in [5.74, 6) is 0.919. The highest BCUT2D eigenvalue weighted by atomic mass is 28.4. The molecule has 0 saturated heterocycles. The third-order valence-electron chi connectivity index (χ3n) is 11.7. The molecule has 0 aliphatic heterocycles. The second-order valence-corrected chi connectivity index (χ2v) is 26.2. The summed E-state index contributed by atoms with van der Waals surface area (Å²) in [5, 5.41) is 22.0. The van der Waals surface area contributed by atoms with Crippen molar-refractivity contribution in [3.8, 4) is 5.75 Å². The molecule has 0 saturated carbocycles. The van der Waals surface area contributed by atoms with E-state index in [2.05, 4.69) is 83.1 Å². The molecule has 8 atom stereocenters. The van der Waals surface area contributed by atoms with Gasteiger partial charge in [-0.05, 0) is 52.5 Å². The Bertz CT molecular complexity index is 1030. The smallest absolute Gasteiger partial charge is 0.200 e. The minimum absolute atomic E-state index is 0.0256. The van der Waals surface area contributed by atoms with Crippen molar-refractivity contribution >= 4 is 16.6 Å². The highest BCUT2D eigenvalue weighted by Crippen LogP contribution is 2.43. The largest absolute Gasteiger partial charge is 0.497 e. The molecule has 7 nitrogen and oxygen atoms in total. The Morgan fingerprint density at radius 3 is 1.66 bits per heavy atom. The molecule has 0 fully saturated rings. The van der Waals surface area contributed by atoms with Crippen LogP contribution in [-0.2, 0) is 24.9 Å². The summed E-state index contributed by atoms with van der Waals surface area (Å²) in [7, 11) is -0.301. The van der Waals surface area contributed by atoms with Crippen LogP contribution in [0.15, 0.2) is 36.4 Å². The average molecular weight is 739 g/mol. The number of hydrogen-bond donors (Lipinski definition) is 2. The molecule has 0 bridgehead atoms. The van der Waals surface area contributed by atoms with Gasteiger partial charge in [0.2, 0.25) is 0 Å². The van der Waals surface area contributed by atoms with E-state index in [1.807, 2.05) is 43.3 Å². The van der Waals surface area contributed by atoms with Gasteiger partial charge in [-0.15, -0.1) is 0 Å². The second kappa shape index (κ2) is 22.9. The van der Waals surface area contributed by atoms with E-state index in [1.54, 1.807) is 14.2 Å². The van der Waals surface area contributed by atoms with Crippen LogP contribution in [0.4, 0.5) is 0 Å². The zero-order valence-corrected chi connectivity index (χ0v) is 36.7. The molecule has 9 heteroatoms. The molecule has 2 N–H and O–H groups in total. The maximum atomic E-state index is 11.0. The standard InChI is InChI=1S/C41H78O7Si2/c1-16-49(17-2,18-3)47-26-33(11)39(43)25-37(42)22-19-32(10)41(46-28-36-20-23-38(44-14)24-21-36)35(13)40(45-15)34(12)27-48-50(29(4)5,30(6)7)31(8)9/h19-24,29-35,37,39-43H,16-18,25-28H2,1-15H3/b22-19+/t32-,33-,34-,35-,37-,39-,40-,41-/m0/s1. The summed E-state index contributed by atoms with van der Waals surface area (Å²) < 4.78 is 31.8. The molecule has 0 aliphatic rings. The SMILES string of the molecule is CC[Si](CC)(CC)OC[C@H](C)[C@@H](O)C[C@@H](O)/C=C/[C@H](C)[C@H](OCc1ccc(OC)cc1)[C@@H](C)[C@@H](OC)[C@@H](C)CO[Si](C(C)C)(C(C)C)C(C)C. The van der Waals surface area contributed by atoms with Crippen LogP contribution in [-0.4, -0.2) is 78.7 Å².